The first-order valence-corrected chi connectivity index (χ1v) is 14.4. The maximum Gasteiger partial charge on any atom is 0.408 e. The van der Waals surface area contributed by atoms with Crippen molar-refractivity contribution in [2.24, 2.45) is 0 Å². The number of aromatic hydroxyl groups is 1. The Morgan fingerprint density at radius 2 is 1.79 bits per heavy atom. The van der Waals surface area contributed by atoms with Crippen molar-refractivity contribution in [2.75, 3.05) is 31.0 Å². The minimum absolute atomic E-state index is 0.0246. The van der Waals surface area contributed by atoms with Gasteiger partial charge in [0.05, 0.1) is 7.11 Å². The summed E-state index contributed by atoms with van der Waals surface area (Å²) in [7, 11) is 1.56. The van der Waals surface area contributed by atoms with Crippen molar-refractivity contribution in [1.29, 1.82) is 0 Å². The third-order valence-corrected chi connectivity index (χ3v) is 6.38. The second-order valence-corrected chi connectivity index (χ2v) is 11.1. The van der Waals surface area contributed by atoms with E-state index in [1.54, 1.807) is 76.0 Å². The minimum Gasteiger partial charge on any atom is -0.508 e. The van der Waals surface area contributed by atoms with E-state index < -0.39 is 35.6 Å². The molecular weight excluding hydrogens is 518 g/mol. The van der Waals surface area contributed by atoms with Crippen LogP contribution in [0.1, 0.15) is 58.6 Å². The average molecular weight is 560 g/mol. The lowest BCUT2D eigenvalue weighted by atomic mass is 10.0. The van der Waals surface area contributed by atoms with Gasteiger partial charge in [-0.25, -0.2) is 4.79 Å². The van der Waals surface area contributed by atoms with E-state index in [1.807, 2.05) is 13.2 Å². The molecule has 2 rings (SSSR count). The predicted octanol–water partition coefficient (Wildman–Crippen LogP) is 5.36. The van der Waals surface area contributed by atoms with Crippen molar-refractivity contribution in [3.8, 4) is 11.5 Å². The maximum atomic E-state index is 14.1. The summed E-state index contributed by atoms with van der Waals surface area (Å²) >= 11 is 1.55. The summed E-state index contributed by atoms with van der Waals surface area (Å²) in [6.07, 6.45) is 3.00. The molecule has 0 heterocycles. The van der Waals surface area contributed by atoms with Crippen LogP contribution < -0.4 is 15.4 Å². The fraction of sp³-hybridized carbons (Fsp3) is 0.483. The molecule has 0 aromatic heterocycles. The standard InChI is InChI=1S/C29H41N3O6S/c1-7-8-17-32(27(35)24(16-18-39-6)31-28(36)38-29(2,3)4)25(20-10-9-11-22(33)19-20)26(34)30-21-12-14-23(37-5)15-13-21/h9-15,19,24-25,33H,7-8,16-18H2,1-6H3,(H,30,34)(H,31,36). The summed E-state index contributed by atoms with van der Waals surface area (Å²) in [5, 5.41) is 15.8. The summed E-state index contributed by atoms with van der Waals surface area (Å²) in [6, 6.07) is 11.2. The number of unbranched alkanes of at least 4 members (excludes halogenated alkanes) is 1. The number of alkyl carbamates (subject to hydrolysis) is 1. The summed E-state index contributed by atoms with van der Waals surface area (Å²) in [5.41, 5.74) is 0.243. The molecule has 0 saturated carbocycles. The van der Waals surface area contributed by atoms with Crippen LogP contribution in [0.25, 0.3) is 0 Å². The Labute approximate surface area is 235 Å². The Hall–Kier alpha value is -3.40. The van der Waals surface area contributed by atoms with Gasteiger partial charge in [-0.3, -0.25) is 9.59 Å². The van der Waals surface area contributed by atoms with Gasteiger partial charge in [0.1, 0.15) is 29.2 Å². The number of amides is 3. The van der Waals surface area contributed by atoms with Crippen molar-refractivity contribution in [3.63, 3.8) is 0 Å². The number of thioether (sulfide) groups is 1. The Morgan fingerprint density at radius 3 is 2.36 bits per heavy atom. The van der Waals surface area contributed by atoms with E-state index in [-0.39, 0.29) is 12.3 Å². The van der Waals surface area contributed by atoms with Gasteiger partial charge < -0.3 is 30.1 Å². The zero-order chi connectivity index (χ0) is 29.0. The van der Waals surface area contributed by atoms with Crippen molar-refractivity contribution in [2.45, 2.75) is 64.6 Å². The van der Waals surface area contributed by atoms with Crippen LogP contribution >= 0.6 is 11.8 Å². The van der Waals surface area contributed by atoms with E-state index in [0.29, 0.717) is 35.6 Å². The van der Waals surface area contributed by atoms with Crippen LogP contribution in [0.2, 0.25) is 0 Å². The van der Waals surface area contributed by atoms with Crippen LogP contribution in [0, 0.1) is 0 Å². The number of ether oxygens (including phenoxy) is 2. The van der Waals surface area contributed by atoms with Gasteiger partial charge in [-0.1, -0.05) is 25.5 Å². The molecule has 2 unspecified atom stereocenters. The summed E-state index contributed by atoms with van der Waals surface area (Å²) in [4.78, 5) is 42.0. The summed E-state index contributed by atoms with van der Waals surface area (Å²) < 4.78 is 10.6. The van der Waals surface area contributed by atoms with Crippen molar-refractivity contribution in [3.05, 3.63) is 54.1 Å². The second kappa shape index (κ2) is 15.3. The Kier molecular flexibility index (Phi) is 12.4. The zero-order valence-electron chi connectivity index (χ0n) is 23.7. The number of phenols is 1. The number of methoxy groups -OCH3 is 1. The van der Waals surface area contributed by atoms with Crippen LogP contribution in [-0.2, 0) is 14.3 Å². The van der Waals surface area contributed by atoms with Gasteiger partial charge in [0.2, 0.25) is 5.91 Å². The Balaban J connectivity index is 2.49. The van der Waals surface area contributed by atoms with E-state index in [0.717, 1.165) is 6.42 Å². The SMILES string of the molecule is CCCCN(C(=O)C(CCSC)NC(=O)OC(C)(C)C)C(C(=O)Nc1ccc(OC)cc1)c1cccc(O)c1. The first kappa shape index (κ1) is 31.8. The molecule has 3 N–H and O–H groups in total. The molecule has 10 heteroatoms. The topological polar surface area (TPSA) is 117 Å². The average Bonchev–Trinajstić information content (AvgIpc) is 2.87. The van der Waals surface area contributed by atoms with Crippen LogP contribution in [0.4, 0.5) is 10.5 Å². The highest BCUT2D eigenvalue weighted by Gasteiger charge is 2.36. The molecule has 9 nitrogen and oxygen atoms in total. The summed E-state index contributed by atoms with van der Waals surface area (Å²) in [5.74, 6) is 0.381. The van der Waals surface area contributed by atoms with Gasteiger partial charge >= 0.3 is 6.09 Å². The van der Waals surface area contributed by atoms with Gasteiger partial charge in [0.15, 0.2) is 0 Å². The quantitative estimate of drug-likeness (QED) is 0.303. The molecule has 214 valence electrons. The monoisotopic (exact) mass is 559 g/mol. The number of benzene rings is 2. The molecule has 0 aliphatic heterocycles. The fourth-order valence-electron chi connectivity index (χ4n) is 3.89. The number of phenolic OH excluding ortho intramolecular Hbond substituents is 1. The van der Waals surface area contributed by atoms with Crippen molar-refractivity contribution >= 4 is 35.4 Å². The first-order valence-electron chi connectivity index (χ1n) is 13.0. The zero-order valence-corrected chi connectivity index (χ0v) is 24.5. The maximum absolute atomic E-state index is 14.1. The number of rotatable bonds is 13. The molecule has 2 aromatic carbocycles. The first-order chi connectivity index (χ1) is 18.5. The lowest BCUT2D eigenvalue weighted by molar-refractivity contribution is -0.141. The van der Waals surface area contributed by atoms with Gasteiger partial charge in [0.25, 0.3) is 5.91 Å². The number of carbonyl (C=O) groups is 3. The molecule has 0 aliphatic carbocycles. The van der Waals surface area contributed by atoms with E-state index in [2.05, 4.69) is 10.6 Å². The van der Waals surface area contributed by atoms with Gasteiger partial charge in [-0.05, 0) is 87.6 Å². The molecular formula is C29H41N3O6S. The highest BCUT2D eigenvalue weighted by atomic mass is 32.2. The number of hydrogen-bond acceptors (Lipinski definition) is 7. The molecule has 0 spiro atoms. The molecule has 2 atom stereocenters. The van der Waals surface area contributed by atoms with E-state index in [4.69, 9.17) is 9.47 Å². The van der Waals surface area contributed by atoms with Crippen LogP contribution in [0.15, 0.2) is 48.5 Å². The molecule has 39 heavy (non-hydrogen) atoms. The molecule has 0 saturated heterocycles. The van der Waals surface area contributed by atoms with Crippen molar-refractivity contribution in [1.82, 2.24) is 10.2 Å². The van der Waals surface area contributed by atoms with Gasteiger partial charge in [0, 0.05) is 12.2 Å². The molecule has 0 aliphatic rings. The number of hydrogen-bond donors (Lipinski definition) is 3. The lowest BCUT2D eigenvalue weighted by Gasteiger charge is -2.34. The van der Waals surface area contributed by atoms with Gasteiger partial charge in [-0.2, -0.15) is 11.8 Å². The Bertz CT molecular complexity index is 1090. The predicted molar refractivity (Wildman–Crippen MR) is 155 cm³/mol. The van der Waals surface area contributed by atoms with E-state index >= 15 is 0 Å². The number of nitrogens with zero attached hydrogens (tertiary/aromatic N) is 1. The van der Waals surface area contributed by atoms with Crippen molar-refractivity contribution < 1.29 is 29.0 Å². The third-order valence-electron chi connectivity index (χ3n) is 5.74. The van der Waals surface area contributed by atoms with Crippen LogP contribution in [0.3, 0.4) is 0 Å². The Morgan fingerprint density at radius 1 is 1.10 bits per heavy atom. The molecule has 0 bridgehead atoms. The lowest BCUT2D eigenvalue weighted by Crippen LogP contribution is -2.52. The number of nitrogens with one attached hydrogen (secondary N) is 2. The third kappa shape index (κ3) is 10.4. The largest absolute Gasteiger partial charge is 0.508 e. The molecule has 2 aromatic rings. The highest BCUT2D eigenvalue weighted by Crippen LogP contribution is 2.28. The van der Waals surface area contributed by atoms with Crippen LogP contribution in [-0.4, -0.2) is 65.2 Å². The number of anilines is 1. The summed E-state index contributed by atoms with van der Waals surface area (Å²) in [6.45, 7) is 7.52. The van der Waals surface area contributed by atoms with E-state index in [1.165, 1.54) is 17.0 Å². The highest BCUT2D eigenvalue weighted by molar-refractivity contribution is 7.98. The normalized spacial score (nSPS) is 12.7. The van der Waals surface area contributed by atoms with E-state index in [9.17, 15) is 19.5 Å². The number of carbonyl (C=O) groups excluding carboxylic acids is 3. The minimum atomic E-state index is -1.06. The second-order valence-electron chi connectivity index (χ2n) is 10.1. The molecule has 0 radical (unpaired) electrons. The van der Waals surface area contributed by atoms with Crippen LogP contribution in [0.5, 0.6) is 11.5 Å². The molecule has 0 fully saturated rings. The van der Waals surface area contributed by atoms with Gasteiger partial charge in [-0.15, -0.1) is 0 Å². The fourth-order valence-corrected chi connectivity index (χ4v) is 4.36. The smallest absolute Gasteiger partial charge is 0.408 e. The molecule has 3 amide bonds.